The van der Waals surface area contributed by atoms with Crippen LogP contribution in [-0.4, -0.2) is 39.2 Å². The van der Waals surface area contributed by atoms with Gasteiger partial charge in [-0.05, 0) is 68.4 Å². The maximum absolute atomic E-state index is 12.9. The molecule has 2 aromatic heterocycles. The molecule has 8 heteroatoms. The zero-order chi connectivity index (χ0) is 21.4. The molecule has 8 nitrogen and oxygen atoms in total. The van der Waals surface area contributed by atoms with Crippen LogP contribution in [0.4, 0.5) is 0 Å². The van der Waals surface area contributed by atoms with Gasteiger partial charge in [-0.15, -0.1) is 5.10 Å². The van der Waals surface area contributed by atoms with Crippen molar-refractivity contribution in [1.82, 2.24) is 19.5 Å². The van der Waals surface area contributed by atoms with Crippen molar-refractivity contribution >= 4 is 17.5 Å². The third kappa shape index (κ3) is 4.00. The number of amides is 1. The Balaban J connectivity index is 1.02. The number of pyridine rings is 1. The third-order valence-electron chi connectivity index (χ3n) is 7.40. The number of carbonyl (C=O) groups is 2. The zero-order valence-corrected chi connectivity index (χ0v) is 17.8. The quantitative estimate of drug-likeness (QED) is 0.516. The Morgan fingerprint density at radius 2 is 1.84 bits per heavy atom. The Hall–Kier alpha value is -2.64. The molecule has 31 heavy (non-hydrogen) atoms. The molecule has 0 radical (unpaired) electrons. The van der Waals surface area contributed by atoms with Gasteiger partial charge in [-0.2, -0.15) is 0 Å². The predicted octanol–water partition coefficient (Wildman–Crippen LogP) is 2.15. The van der Waals surface area contributed by atoms with E-state index >= 15 is 0 Å². The smallest absolute Gasteiger partial charge is 0.350 e. The maximum Gasteiger partial charge on any atom is 0.350 e. The summed E-state index contributed by atoms with van der Waals surface area (Å²) < 4.78 is 8.14. The fraction of sp³-hybridized carbons (Fsp3) is 0.652. The molecular formula is C23H30N4O4. The number of esters is 1. The molecule has 4 saturated carbocycles. The number of carbonyl (C=O) groups excluding carboxylic acids is 2. The van der Waals surface area contributed by atoms with Crippen LogP contribution in [-0.2, 0) is 20.9 Å². The van der Waals surface area contributed by atoms with Crippen molar-refractivity contribution < 1.29 is 14.3 Å². The number of nitrogens with zero attached hydrogens (tertiary/aromatic N) is 3. The normalized spacial score (nSPS) is 28.7. The summed E-state index contributed by atoms with van der Waals surface area (Å²) >= 11 is 0. The fourth-order valence-corrected chi connectivity index (χ4v) is 6.44. The molecule has 4 fully saturated rings. The first-order valence-electron chi connectivity index (χ1n) is 11.5. The summed E-state index contributed by atoms with van der Waals surface area (Å²) in [5.74, 6) is 1.99. The second-order valence-electron chi connectivity index (χ2n) is 9.71. The van der Waals surface area contributed by atoms with E-state index in [0.717, 1.165) is 37.0 Å². The molecule has 0 saturated heterocycles. The van der Waals surface area contributed by atoms with Crippen molar-refractivity contribution in [2.45, 2.75) is 57.9 Å². The zero-order valence-electron chi connectivity index (χ0n) is 17.8. The maximum atomic E-state index is 12.9. The van der Waals surface area contributed by atoms with Gasteiger partial charge in [-0.3, -0.25) is 14.0 Å². The van der Waals surface area contributed by atoms with Gasteiger partial charge in [-0.1, -0.05) is 6.07 Å². The van der Waals surface area contributed by atoms with E-state index in [0.29, 0.717) is 25.2 Å². The molecular weight excluding hydrogens is 396 g/mol. The average Bonchev–Trinajstić information content (AvgIpc) is 3.06. The first kappa shape index (κ1) is 20.3. The molecule has 166 valence electrons. The Kier molecular flexibility index (Phi) is 5.32. The summed E-state index contributed by atoms with van der Waals surface area (Å²) in [7, 11) is 0. The number of hydrogen-bond acceptors (Lipinski definition) is 5. The molecule has 0 unspecified atom stereocenters. The highest BCUT2D eigenvalue weighted by Gasteiger charge is 2.54. The molecule has 6 rings (SSSR count). The topological polar surface area (TPSA) is 94.7 Å². The van der Waals surface area contributed by atoms with Gasteiger partial charge in [0.2, 0.25) is 5.91 Å². The van der Waals surface area contributed by atoms with Crippen LogP contribution < -0.4 is 11.0 Å². The molecule has 0 atom stereocenters. The SMILES string of the molecule is O=C(CCNC(=O)C12CC3CC(CC(C3)C1)C2)OCCCn1nc2ccccn2c1=O. The van der Waals surface area contributed by atoms with E-state index < -0.39 is 0 Å². The Morgan fingerprint density at radius 1 is 1.13 bits per heavy atom. The average molecular weight is 427 g/mol. The van der Waals surface area contributed by atoms with E-state index in [-0.39, 0.29) is 36.0 Å². The first-order valence-corrected chi connectivity index (χ1v) is 11.5. The molecule has 1 amide bonds. The van der Waals surface area contributed by atoms with Gasteiger partial charge in [-0.25, -0.2) is 9.48 Å². The van der Waals surface area contributed by atoms with Crippen molar-refractivity contribution in [1.29, 1.82) is 0 Å². The summed E-state index contributed by atoms with van der Waals surface area (Å²) in [5.41, 5.74) is 0.216. The van der Waals surface area contributed by atoms with Gasteiger partial charge < -0.3 is 10.1 Å². The number of aromatic nitrogens is 3. The largest absolute Gasteiger partial charge is 0.466 e. The standard InChI is InChI=1S/C23H30N4O4/c28-20(31-9-3-8-27-22(30)26-7-2-1-4-19(26)25-27)5-6-24-21(29)23-13-16-10-17(14-23)12-18(11-16)15-23/h1-2,4,7,16-18H,3,5-6,8-15H2,(H,24,29). The van der Waals surface area contributed by atoms with Gasteiger partial charge in [0.25, 0.3) is 0 Å². The number of ether oxygens (including phenoxy) is 1. The molecule has 1 N–H and O–H groups in total. The summed E-state index contributed by atoms with van der Waals surface area (Å²) in [6, 6.07) is 5.38. The lowest BCUT2D eigenvalue weighted by Gasteiger charge is -2.55. The van der Waals surface area contributed by atoms with E-state index in [1.54, 1.807) is 18.3 Å². The number of hydrogen-bond donors (Lipinski definition) is 1. The van der Waals surface area contributed by atoms with Crippen LogP contribution >= 0.6 is 0 Å². The molecule has 0 aliphatic heterocycles. The highest BCUT2D eigenvalue weighted by molar-refractivity contribution is 5.83. The van der Waals surface area contributed by atoms with E-state index in [4.69, 9.17) is 4.74 Å². The van der Waals surface area contributed by atoms with Crippen LogP contribution in [0.2, 0.25) is 0 Å². The molecule has 0 spiro atoms. The second-order valence-corrected chi connectivity index (χ2v) is 9.71. The summed E-state index contributed by atoms with van der Waals surface area (Å²) in [4.78, 5) is 37.1. The van der Waals surface area contributed by atoms with Crippen LogP contribution in [0.5, 0.6) is 0 Å². The number of aryl methyl sites for hydroxylation is 1. The second kappa shape index (κ2) is 8.13. The van der Waals surface area contributed by atoms with Crippen LogP contribution in [0, 0.1) is 23.2 Å². The fourth-order valence-electron chi connectivity index (χ4n) is 6.44. The van der Waals surface area contributed by atoms with Crippen molar-refractivity contribution in [3.63, 3.8) is 0 Å². The highest BCUT2D eigenvalue weighted by atomic mass is 16.5. The minimum Gasteiger partial charge on any atom is -0.466 e. The van der Waals surface area contributed by atoms with Crippen LogP contribution in [0.3, 0.4) is 0 Å². The van der Waals surface area contributed by atoms with Crippen molar-refractivity contribution in [2.75, 3.05) is 13.2 Å². The third-order valence-corrected chi connectivity index (χ3v) is 7.40. The lowest BCUT2D eigenvalue weighted by atomic mass is 9.49. The number of nitrogens with one attached hydrogen (secondary N) is 1. The highest BCUT2D eigenvalue weighted by Crippen LogP contribution is 2.60. The summed E-state index contributed by atoms with van der Waals surface area (Å²) in [5, 5.41) is 7.27. The van der Waals surface area contributed by atoms with Gasteiger partial charge >= 0.3 is 11.7 Å². The van der Waals surface area contributed by atoms with E-state index in [2.05, 4.69) is 10.4 Å². The molecule has 0 aromatic carbocycles. The van der Waals surface area contributed by atoms with Gasteiger partial charge in [0, 0.05) is 31.1 Å². The Bertz CT molecular complexity index is 1000. The monoisotopic (exact) mass is 426 g/mol. The van der Waals surface area contributed by atoms with Gasteiger partial charge in [0.05, 0.1) is 13.0 Å². The molecule has 4 aliphatic rings. The van der Waals surface area contributed by atoms with E-state index in [1.165, 1.54) is 28.3 Å². The van der Waals surface area contributed by atoms with E-state index in [1.807, 2.05) is 6.07 Å². The lowest BCUT2D eigenvalue weighted by Crippen LogP contribution is -2.53. The van der Waals surface area contributed by atoms with Gasteiger partial charge in [0.1, 0.15) is 0 Å². The van der Waals surface area contributed by atoms with Crippen LogP contribution in [0.1, 0.15) is 51.4 Å². The van der Waals surface area contributed by atoms with Crippen LogP contribution in [0.25, 0.3) is 5.65 Å². The number of fused-ring (bicyclic) bond motifs is 1. The van der Waals surface area contributed by atoms with Crippen molar-refractivity contribution in [2.24, 2.45) is 23.2 Å². The predicted molar refractivity (Wildman–Crippen MR) is 113 cm³/mol. The molecule has 2 heterocycles. The Morgan fingerprint density at radius 3 is 2.52 bits per heavy atom. The summed E-state index contributed by atoms with van der Waals surface area (Å²) in [6.07, 6.45) is 9.35. The van der Waals surface area contributed by atoms with Crippen LogP contribution in [0.15, 0.2) is 29.2 Å². The molecule has 4 aliphatic carbocycles. The van der Waals surface area contributed by atoms with E-state index in [9.17, 15) is 14.4 Å². The minimum absolute atomic E-state index is 0.144. The minimum atomic E-state index is -0.326. The first-order chi connectivity index (χ1) is 15.0. The lowest BCUT2D eigenvalue weighted by molar-refractivity contribution is -0.147. The molecule has 4 bridgehead atoms. The van der Waals surface area contributed by atoms with Gasteiger partial charge in [0.15, 0.2) is 5.65 Å². The molecule has 2 aromatic rings. The van der Waals surface area contributed by atoms with Crippen molar-refractivity contribution in [3.05, 3.63) is 34.9 Å². The van der Waals surface area contributed by atoms with Crippen molar-refractivity contribution in [3.8, 4) is 0 Å². The Labute approximate surface area is 181 Å². The summed E-state index contributed by atoms with van der Waals surface area (Å²) in [6.45, 7) is 0.934. The number of rotatable bonds is 8.